The third kappa shape index (κ3) is 4.19. The van der Waals surface area contributed by atoms with E-state index in [0.29, 0.717) is 11.5 Å². The van der Waals surface area contributed by atoms with Gasteiger partial charge in [-0.1, -0.05) is 24.4 Å². The second kappa shape index (κ2) is 6.13. The lowest BCUT2D eigenvalue weighted by molar-refractivity contribution is -0.137. The summed E-state index contributed by atoms with van der Waals surface area (Å²) in [6.45, 7) is 0.435. The monoisotopic (exact) mass is 310 g/mol. The Morgan fingerprint density at radius 2 is 1.57 bits per heavy atom. The molecule has 0 aromatic heterocycles. The number of halogens is 3. The van der Waals surface area contributed by atoms with Crippen molar-refractivity contribution in [1.82, 2.24) is 0 Å². The zero-order valence-corrected chi connectivity index (χ0v) is 11.8. The first-order valence-electron chi connectivity index (χ1n) is 6.16. The lowest BCUT2D eigenvalue weighted by atomic mass is 10.1. The molecule has 0 atom stereocenters. The van der Waals surface area contributed by atoms with Gasteiger partial charge in [0.1, 0.15) is 4.99 Å². The highest BCUT2D eigenvalue weighted by Gasteiger charge is 2.29. The first-order valence-corrected chi connectivity index (χ1v) is 6.57. The molecule has 0 bridgehead atoms. The highest BCUT2D eigenvalue weighted by atomic mass is 32.1. The first-order chi connectivity index (χ1) is 9.86. The Morgan fingerprint density at radius 3 is 2.05 bits per heavy atom. The minimum Gasteiger partial charge on any atom is -0.389 e. The van der Waals surface area contributed by atoms with Gasteiger partial charge in [0.25, 0.3) is 0 Å². The molecule has 0 heterocycles. The largest absolute Gasteiger partial charge is 0.416 e. The minimum absolute atomic E-state index is 0.323. The normalized spacial score (nSPS) is 11.2. The molecule has 6 heteroatoms. The average molecular weight is 310 g/mol. The van der Waals surface area contributed by atoms with Crippen LogP contribution in [0.15, 0.2) is 48.5 Å². The fourth-order valence-electron chi connectivity index (χ4n) is 1.77. The van der Waals surface area contributed by atoms with E-state index in [1.54, 1.807) is 12.1 Å². The van der Waals surface area contributed by atoms with E-state index >= 15 is 0 Å². The summed E-state index contributed by atoms with van der Waals surface area (Å²) in [6, 6.07) is 12.3. The standard InChI is InChI=1S/C15H13F3N2S/c16-15(17,18)12-5-1-10(2-6-12)9-20-13-7-3-11(4-8-13)14(19)21/h1-8,20H,9H2,(H2,19,21). The van der Waals surface area contributed by atoms with Gasteiger partial charge in [0, 0.05) is 17.8 Å². The molecule has 2 aromatic carbocycles. The maximum Gasteiger partial charge on any atom is 0.416 e. The third-order valence-electron chi connectivity index (χ3n) is 2.95. The topological polar surface area (TPSA) is 38.0 Å². The number of nitrogens with two attached hydrogens (primary N) is 1. The number of alkyl halides is 3. The lowest BCUT2D eigenvalue weighted by Gasteiger charge is -2.09. The molecule has 0 aliphatic heterocycles. The van der Waals surface area contributed by atoms with Crippen LogP contribution in [0, 0.1) is 0 Å². The molecule has 0 aliphatic carbocycles. The number of nitrogens with one attached hydrogen (secondary N) is 1. The average Bonchev–Trinajstić information content (AvgIpc) is 2.45. The summed E-state index contributed by atoms with van der Waals surface area (Å²) in [4.78, 5) is 0.323. The molecular formula is C15H13F3N2S. The number of rotatable bonds is 4. The number of benzene rings is 2. The van der Waals surface area contributed by atoms with Gasteiger partial charge < -0.3 is 11.1 Å². The quantitative estimate of drug-likeness (QED) is 0.840. The Morgan fingerprint density at radius 1 is 1.00 bits per heavy atom. The number of hydrogen-bond donors (Lipinski definition) is 2. The van der Waals surface area contributed by atoms with Crippen molar-refractivity contribution >= 4 is 22.9 Å². The Labute approximate surface area is 125 Å². The van der Waals surface area contributed by atoms with Crippen LogP contribution in [-0.2, 0) is 12.7 Å². The smallest absolute Gasteiger partial charge is 0.389 e. The fraction of sp³-hybridized carbons (Fsp3) is 0.133. The molecule has 2 rings (SSSR count). The highest BCUT2D eigenvalue weighted by Crippen LogP contribution is 2.29. The zero-order valence-electron chi connectivity index (χ0n) is 10.9. The Balaban J connectivity index is 1.98. The minimum atomic E-state index is -4.30. The van der Waals surface area contributed by atoms with Crippen LogP contribution in [-0.4, -0.2) is 4.99 Å². The Kier molecular flexibility index (Phi) is 4.47. The van der Waals surface area contributed by atoms with Crippen LogP contribution in [0.5, 0.6) is 0 Å². The van der Waals surface area contributed by atoms with Crippen LogP contribution in [0.2, 0.25) is 0 Å². The molecule has 0 fully saturated rings. The number of anilines is 1. The fourth-order valence-corrected chi connectivity index (χ4v) is 1.90. The van der Waals surface area contributed by atoms with Gasteiger partial charge >= 0.3 is 6.18 Å². The molecular weight excluding hydrogens is 297 g/mol. The van der Waals surface area contributed by atoms with Crippen molar-refractivity contribution in [3.8, 4) is 0 Å². The summed E-state index contributed by atoms with van der Waals surface area (Å²) >= 11 is 4.85. The summed E-state index contributed by atoms with van der Waals surface area (Å²) in [5.74, 6) is 0. The summed E-state index contributed by atoms with van der Waals surface area (Å²) in [5, 5.41) is 3.12. The van der Waals surface area contributed by atoms with Gasteiger partial charge in [0.15, 0.2) is 0 Å². The summed E-state index contributed by atoms with van der Waals surface area (Å²) in [6.07, 6.45) is -4.30. The first kappa shape index (κ1) is 15.3. The SMILES string of the molecule is NC(=S)c1ccc(NCc2ccc(C(F)(F)F)cc2)cc1. The Bertz CT molecular complexity index is 619. The van der Waals surface area contributed by atoms with Crippen molar-refractivity contribution in [3.05, 3.63) is 65.2 Å². The van der Waals surface area contributed by atoms with Gasteiger partial charge in [0.05, 0.1) is 5.56 Å². The van der Waals surface area contributed by atoms with Gasteiger partial charge in [0.2, 0.25) is 0 Å². The Hall–Kier alpha value is -2.08. The molecule has 2 aromatic rings. The maximum absolute atomic E-state index is 12.4. The van der Waals surface area contributed by atoms with E-state index in [1.807, 2.05) is 12.1 Å². The molecule has 0 spiro atoms. The molecule has 21 heavy (non-hydrogen) atoms. The van der Waals surface area contributed by atoms with Gasteiger partial charge in [-0.15, -0.1) is 0 Å². The van der Waals surface area contributed by atoms with E-state index in [4.69, 9.17) is 18.0 Å². The van der Waals surface area contributed by atoms with Crippen LogP contribution in [0.25, 0.3) is 0 Å². The second-order valence-corrected chi connectivity index (χ2v) is 4.93. The van der Waals surface area contributed by atoms with E-state index in [-0.39, 0.29) is 0 Å². The van der Waals surface area contributed by atoms with Gasteiger partial charge in [-0.05, 0) is 42.0 Å². The molecule has 2 nitrogen and oxygen atoms in total. The van der Waals surface area contributed by atoms with Crippen LogP contribution in [0.3, 0.4) is 0 Å². The van der Waals surface area contributed by atoms with Crippen LogP contribution < -0.4 is 11.1 Å². The maximum atomic E-state index is 12.4. The summed E-state index contributed by atoms with van der Waals surface area (Å²) in [5.41, 5.74) is 7.23. The van der Waals surface area contributed by atoms with E-state index < -0.39 is 11.7 Å². The molecule has 3 N–H and O–H groups in total. The van der Waals surface area contributed by atoms with E-state index in [1.165, 1.54) is 12.1 Å². The molecule has 0 amide bonds. The third-order valence-corrected chi connectivity index (χ3v) is 3.18. The molecule has 0 unspecified atom stereocenters. The molecule has 0 radical (unpaired) electrons. The van der Waals surface area contributed by atoms with E-state index in [0.717, 1.165) is 28.9 Å². The number of hydrogen-bond acceptors (Lipinski definition) is 2. The van der Waals surface area contributed by atoms with Crippen molar-refractivity contribution in [1.29, 1.82) is 0 Å². The van der Waals surface area contributed by atoms with Crippen molar-refractivity contribution in [2.75, 3.05) is 5.32 Å². The summed E-state index contributed by atoms with van der Waals surface area (Å²) < 4.78 is 37.3. The molecule has 0 aliphatic rings. The lowest BCUT2D eigenvalue weighted by Crippen LogP contribution is -2.09. The van der Waals surface area contributed by atoms with Crippen molar-refractivity contribution in [3.63, 3.8) is 0 Å². The van der Waals surface area contributed by atoms with E-state index in [9.17, 15) is 13.2 Å². The zero-order chi connectivity index (χ0) is 15.5. The van der Waals surface area contributed by atoms with Crippen molar-refractivity contribution in [2.45, 2.75) is 12.7 Å². The predicted octanol–water partition coefficient (Wildman–Crippen LogP) is 3.95. The van der Waals surface area contributed by atoms with Crippen LogP contribution in [0.4, 0.5) is 18.9 Å². The van der Waals surface area contributed by atoms with Crippen LogP contribution in [0.1, 0.15) is 16.7 Å². The van der Waals surface area contributed by atoms with Gasteiger partial charge in [-0.25, -0.2) is 0 Å². The highest BCUT2D eigenvalue weighted by molar-refractivity contribution is 7.80. The van der Waals surface area contributed by atoms with Crippen LogP contribution >= 0.6 is 12.2 Å². The predicted molar refractivity (Wildman–Crippen MR) is 81.1 cm³/mol. The van der Waals surface area contributed by atoms with E-state index in [2.05, 4.69) is 5.32 Å². The van der Waals surface area contributed by atoms with Crippen molar-refractivity contribution < 1.29 is 13.2 Å². The molecule has 0 saturated heterocycles. The van der Waals surface area contributed by atoms with Gasteiger partial charge in [-0.3, -0.25) is 0 Å². The number of thiocarbonyl (C=S) groups is 1. The molecule has 0 saturated carbocycles. The molecule has 110 valence electrons. The second-order valence-electron chi connectivity index (χ2n) is 4.49. The summed E-state index contributed by atoms with van der Waals surface area (Å²) in [7, 11) is 0. The van der Waals surface area contributed by atoms with Gasteiger partial charge in [-0.2, -0.15) is 13.2 Å². The van der Waals surface area contributed by atoms with Crippen molar-refractivity contribution in [2.24, 2.45) is 5.73 Å².